The zero-order chi connectivity index (χ0) is 53.3. The second-order valence-corrected chi connectivity index (χ2v) is 20.8. The van der Waals surface area contributed by atoms with Gasteiger partial charge in [-0.05, 0) is 122 Å². The molecule has 0 radical (unpaired) electrons. The summed E-state index contributed by atoms with van der Waals surface area (Å²) in [6.45, 7) is 9.20. The number of nitro groups is 1. The first-order valence-electron chi connectivity index (χ1n) is 27.8. The minimum Gasteiger partial charge on any atom is -0.487 e. The summed E-state index contributed by atoms with van der Waals surface area (Å²) in [7, 11) is 0. The molecule has 1 fully saturated rings. The normalized spacial score (nSPS) is 21.5. The molecule has 0 unspecified atom stereocenters. The van der Waals surface area contributed by atoms with Crippen LogP contribution in [0.5, 0.6) is 23.0 Å². The molecule has 15 nitrogen and oxygen atoms in total. The number of nitrogens with zero attached hydrogens (tertiary/aromatic N) is 4. The number of carbonyl (C=O) groups excluding carboxylic acids is 1. The van der Waals surface area contributed by atoms with Crippen molar-refractivity contribution < 1.29 is 48.5 Å². The molecule has 0 spiro atoms. The van der Waals surface area contributed by atoms with Gasteiger partial charge >= 0.3 is 0 Å². The minimum atomic E-state index is -1.47. The van der Waals surface area contributed by atoms with E-state index in [1.54, 1.807) is 18.2 Å². The number of aliphatic hydroxyl groups is 2. The van der Waals surface area contributed by atoms with Crippen molar-refractivity contribution >= 4 is 17.3 Å². The van der Waals surface area contributed by atoms with E-state index in [2.05, 4.69) is 25.6 Å². The lowest BCUT2D eigenvalue weighted by Gasteiger charge is -2.60. The number of fused-ring (bicyclic) bond motifs is 3. The summed E-state index contributed by atoms with van der Waals surface area (Å²) in [4.78, 5) is 39.5. The van der Waals surface area contributed by atoms with Crippen LogP contribution >= 0.6 is 0 Å². The highest BCUT2D eigenvalue weighted by Crippen LogP contribution is 2.62. The summed E-state index contributed by atoms with van der Waals surface area (Å²) in [5, 5.41) is 36.8. The van der Waals surface area contributed by atoms with Crippen LogP contribution < -0.4 is 18.9 Å². The number of nitro benzene ring substituents is 1. The largest absolute Gasteiger partial charge is 0.487 e. The summed E-state index contributed by atoms with van der Waals surface area (Å²) in [6, 6.07) is 23.1. The Morgan fingerprint density at radius 1 is 0.868 bits per heavy atom. The van der Waals surface area contributed by atoms with Crippen LogP contribution in [-0.2, 0) is 34.1 Å². The molecule has 4 aromatic rings. The van der Waals surface area contributed by atoms with Gasteiger partial charge in [-0.2, -0.15) is 0 Å². The Balaban J connectivity index is 1.26. The highest BCUT2D eigenvalue weighted by atomic mass is 16.7. The van der Waals surface area contributed by atoms with Crippen molar-refractivity contribution in [3.63, 3.8) is 0 Å². The van der Waals surface area contributed by atoms with E-state index < -0.39 is 22.7 Å². The van der Waals surface area contributed by atoms with Crippen LogP contribution in [0.15, 0.2) is 108 Å². The number of amides is 1. The van der Waals surface area contributed by atoms with Gasteiger partial charge in [0.1, 0.15) is 30.8 Å². The number of oxime groups is 1. The predicted molar refractivity (Wildman–Crippen MR) is 291 cm³/mol. The Morgan fingerprint density at radius 2 is 1.59 bits per heavy atom. The zero-order valence-electron chi connectivity index (χ0n) is 44.6. The van der Waals surface area contributed by atoms with Gasteiger partial charge in [0, 0.05) is 61.9 Å². The Labute approximate surface area is 448 Å². The van der Waals surface area contributed by atoms with E-state index in [1.165, 1.54) is 44.2 Å². The number of rotatable bonds is 31. The Bertz CT molecular complexity index is 2620. The summed E-state index contributed by atoms with van der Waals surface area (Å²) < 4.78 is 33.0. The number of aryl methyl sites for hydroxylation is 1. The van der Waals surface area contributed by atoms with E-state index in [9.17, 15) is 20.3 Å². The van der Waals surface area contributed by atoms with Gasteiger partial charge in [-0.25, -0.2) is 0 Å². The molecule has 408 valence electrons. The predicted octanol–water partition coefficient (Wildman–Crippen LogP) is 12.4. The summed E-state index contributed by atoms with van der Waals surface area (Å²) in [6.07, 6.45) is 19.0. The van der Waals surface area contributed by atoms with Crippen LogP contribution in [-0.4, -0.2) is 75.1 Å². The molecule has 0 bridgehead atoms. The standard InChI is InChI=1S/C61H78N4O11/c1-4-6-7-8-9-10-11-12-13-23-58(68)64(39-45-26-30-55-56(35-45)73-42-72-55)57-38-53(63-75-40-44-24-27-48(28-25-44)65(69)70)51-36-46(20-14-16-32-66)50(22-15-17-33-67)59-52-37-49(71-41-47-21-18-19-43(3)62-47)29-31-54(52)76-61(57,60(51)59)74-34-5-2/h5,18-19,21,24-31,35-37,46,50,57,59-60,66-67H,2,4,6-17,20,22-23,32-34,38-42H2,1,3H3/t46-,50+,57-,59+,60+,61+/m0/s1. The molecule has 0 saturated heterocycles. The first-order chi connectivity index (χ1) is 37.2. The number of non-ortho nitro benzene ring substituents is 1. The maximum atomic E-state index is 15.5. The minimum absolute atomic E-state index is 0.00282. The van der Waals surface area contributed by atoms with Crippen LogP contribution in [0, 0.1) is 34.8 Å². The van der Waals surface area contributed by atoms with Gasteiger partial charge < -0.3 is 43.6 Å². The van der Waals surface area contributed by atoms with Crippen LogP contribution in [0.1, 0.15) is 150 Å². The monoisotopic (exact) mass is 1040 g/mol. The molecule has 2 aliphatic heterocycles. The molecule has 15 heteroatoms. The maximum Gasteiger partial charge on any atom is 0.269 e. The van der Waals surface area contributed by atoms with E-state index in [0.29, 0.717) is 53.5 Å². The molecule has 1 aromatic heterocycles. The van der Waals surface area contributed by atoms with Crippen molar-refractivity contribution in [3.8, 4) is 23.0 Å². The van der Waals surface area contributed by atoms with Gasteiger partial charge in [-0.3, -0.25) is 19.9 Å². The summed E-state index contributed by atoms with van der Waals surface area (Å²) in [5.74, 6) is 0.233. The SMILES string of the molecule is C=CCO[C@@]12Oc3ccc(OCc4cccc(C)n4)cc3[C@H]3[C@H](CCCCO)[C@@H](CCCCO)C=C(C(=NOCc4ccc([N+](=O)[O-])cc4)C[C@@H]1N(Cc1ccc4c(c1)OCO4)C(=O)CCCCCCCCCCC)[C@H]32. The van der Waals surface area contributed by atoms with E-state index in [4.69, 9.17) is 38.7 Å². The number of unbranched alkanes of at least 4 members (excludes halogenated alkanes) is 10. The number of carbonyl (C=O) groups is 1. The van der Waals surface area contributed by atoms with E-state index in [1.807, 2.05) is 60.4 Å². The van der Waals surface area contributed by atoms with Gasteiger partial charge in [-0.1, -0.05) is 101 Å². The van der Waals surface area contributed by atoms with Gasteiger partial charge in [0.2, 0.25) is 18.5 Å². The Hall–Kier alpha value is -6.29. The highest BCUT2D eigenvalue weighted by Gasteiger charge is 2.65. The fourth-order valence-electron chi connectivity index (χ4n) is 11.8. The molecule has 8 rings (SSSR count). The summed E-state index contributed by atoms with van der Waals surface area (Å²) >= 11 is 0. The number of allylic oxidation sites excluding steroid dienone is 1. The molecular formula is C61H78N4O11. The summed E-state index contributed by atoms with van der Waals surface area (Å²) in [5.41, 5.74) is 5.73. The van der Waals surface area contributed by atoms with Crippen LogP contribution in [0.3, 0.4) is 0 Å². The smallest absolute Gasteiger partial charge is 0.269 e. The zero-order valence-corrected chi connectivity index (χ0v) is 44.6. The Morgan fingerprint density at radius 3 is 2.33 bits per heavy atom. The lowest BCUT2D eigenvalue weighted by Crippen LogP contribution is -2.70. The second-order valence-electron chi connectivity index (χ2n) is 20.8. The molecule has 4 aliphatic rings. The maximum absolute atomic E-state index is 15.5. The van der Waals surface area contributed by atoms with E-state index in [0.717, 1.165) is 79.5 Å². The molecule has 1 saturated carbocycles. The lowest BCUT2D eigenvalue weighted by molar-refractivity contribution is -0.384. The number of ether oxygens (including phenoxy) is 5. The van der Waals surface area contributed by atoms with Crippen molar-refractivity contribution in [3.05, 3.63) is 141 Å². The third-order valence-corrected chi connectivity index (χ3v) is 15.5. The first-order valence-corrected chi connectivity index (χ1v) is 27.8. The third-order valence-electron chi connectivity index (χ3n) is 15.5. The van der Waals surface area contributed by atoms with E-state index in [-0.39, 0.29) is 82.1 Å². The fraction of sp³-hybridized carbons (Fsp3) is 0.525. The van der Waals surface area contributed by atoms with E-state index >= 15 is 4.79 Å². The molecule has 3 aromatic carbocycles. The van der Waals surface area contributed by atoms with Gasteiger partial charge in [0.05, 0.1) is 28.9 Å². The number of pyridine rings is 1. The average molecular weight is 1040 g/mol. The number of benzene rings is 3. The Kier molecular flexibility index (Phi) is 20.4. The number of aromatic nitrogens is 1. The van der Waals surface area contributed by atoms with Crippen molar-refractivity contribution in [2.45, 2.75) is 161 Å². The van der Waals surface area contributed by atoms with Crippen LogP contribution in [0.25, 0.3) is 0 Å². The van der Waals surface area contributed by atoms with Crippen LogP contribution in [0.2, 0.25) is 0 Å². The van der Waals surface area contributed by atoms with Crippen molar-refractivity contribution in [1.82, 2.24) is 9.88 Å². The van der Waals surface area contributed by atoms with Gasteiger partial charge in [0.25, 0.3) is 5.69 Å². The van der Waals surface area contributed by atoms with Crippen molar-refractivity contribution in [2.24, 2.45) is 22.9 Å². The van der Waals surface area contributed by atoms with Gasteiger partial charge in [0.15, 0.2) is 11.5 Å². The fourth-order valence-corrected chi connectivity index (χ4v) is 11.8. The first kappa shape index (κ1) is 55.9. The topological polar surface area (TPSA) is 185 Å². The highest BCUT2D eigenvalue weighted by molar-refractivity contribution is 6.03. The number of hydrogen-bond acceptors (Lipinski definition) is 13. The average Bonchev–Trinajstić information content (AvgIpc) is 4.04. The molecule has 2 N–H and O–H groups in total. The molecular weight excluding hydrogens is 965 g/mol. The molecule has 76 heavy (non-hydrogen) atoms. The quantitative estimate of drug-likeness (QED) is 0.0211. The third kappa shape index (κ3) is 13.8. The number of hydrogen-bond donors (Lipinski definition) is 2. The van der Waals surface area contributed by atoms with Crippen LogP contribution in [0.4, 0.5) is 5.69 Å². The molecule has 2 aliphatic carbocycles. The van der Waals surface area contributed by atoms with Crippen molar-refractivity contribution in [1.29, 1.82) is 0 Å². The van der Waals surface area contributed by atoms with Crippen molar-refractivity contribution in [2.75, 3.05) is 26.6 Å². The van der Waals surface area contributed by atoms with Gasteiger partial charge in [-0.15, -0.1) is 6.58 Å². The molecule has 3 heterocycles. The lowest BCUT2D eigenvalue weighted by atomic mass is 9.55. The second kappa shape index (κ2) is 27.7. The number of aliphatic hydroxyl groups excluding tert-OH is 2. The molecule has 6 atom stereocenters. The molecule has 1 amide bonds.